The van der Waals surface area contributed by atoms with Crippen molar-refractivity contribution in [2.24, 2.45) is 0 Å². The van der Waals surface area contributed by atoms with E-state index in [0.29, 0.717) is 21.0 Å². The van der Waals surface area contributed by atoms with Crippen molar-refractivity contribution < 1.29 is 18.4 Å². The minimum atomic E-state index is -0.498. The van der Waals surface area contributed by atoms with Gasteiger partial charge in [0.1, 0.15) is 11.6 Å². The number of carbonyl (C=O) groups excluding carboxylic acids is 2. The Kier molecular flexibility index (Phi) is 5.61. The Hall–Kier alpha value is -3.06. The smallest absolute Gasteiger partial charge is 0.261 e. The summed E-state index contributed by atoms with van der Waals surface area (Å²) in [5, 5.41) is 5.88. The number of halogens is 2. The summed E-state index contributed by atoms with van der Waals surface area (Å²) in [4.78, 5) is 25.0. The Morgan fingerprint density at radius 3 is 2.37 bits per heavy atom. The van der Waals surface area contributed by atoms with Gasteiger partial charge in [-0.05, 0) is 54.4 Å². The molecule has 2 N–H and O–H groups in total. The van der Waals surface area contributed by atoms with Gasteiger partial charge in [0.25, 0.3) is 11.8 Å². The molecule has 0 aliphatic heterocycles. The standard InChI is InChI=1S/C20H16F2N2O2S/c1-12-8-17(24-19(25)14-5-3-7-16(22)10-14)27-18(12)20(26)23-11-13-4-2-6-15(21)9-13/h2-10H,11H2,1H3,(H,23,26)(H,24,25). The summed E-state index contributed by atoms with van der Waals surface area (Å²) in [5.74, 6) is -1.63. The van der Waals surface area contributed by atoms with Crippen molar-refractivity contribution >= 4 is 28.2 Å². The van der Waals surface area contributed by atoms with Crippen LogP contribution in [0.5, 0.6) is 0 Å². The fourth-order valence-corrected chi connectivity index (χ4v) is 3.48. The molecule has 27 heavy (non-hydrogen) atoms. The normalized spacial score (nSPS) is 10.5. The van der Waals surface area contributed by atoms with Gasteiger partial charge in [0, 0.05) is 12.1 Å². The Morgan fingerprint density at radius 2 is 1.67 bits per heavy atom. The minimum absolute atomic E-state index is 0.193. The van der Waals surface area contributed by atoms with Crippen LogP contribution in [-0.2, 0) is 6.54 Å². The third kappa shape index (κ3) is 4.77. The second-order valence-electron chi connectivity index (χ2n) is 5.90. The van der Waals surface area contributed by atoms with Crippen molar-refractivity contribution in [1.29, 1.82) is 0 Å². The summed E-state index contributed by atoms with van der Waals surface area (Å²) in [6, 6.07) is 13.0. The van der Waals surface area contributed by atoms with E-state index in [4.69, 9.17) is 0 Å². The zero-order valence-corrected chi connectivity index (χ0v) is 15.2. The molecule has 4 nitrogen and oxygen atoms in total. The van der Waals surface area contributed by atoms with Crippen molar-refractivity contribution in [3.63, 3.8) is 0 Å². The van der Waals surface area contributed by atoms with Gasteiger partial charge in [-0.25, -0.2) is 8.78 Å². The average Bonchev–Trinajstić information content (AvgIpc) is 3.00. The Bertz CT molecular complexity index is 1000. The van der Waals surface area contributed by atoms with Gasteiger partial charge in [0.2, 0.25) is 0 Å². The summed E-state index contributed by atoms with van der Waals surface area (Å²) < 4.78 is 26.4. The van der Waals surface area contributed by atoms with Crippen molar-refractivity contribution in [3.05, 3.63) is 87.8 Å². The highest BCUT2D eigenvalue weighted by Gasteiger charge is 2.16. The van der Waals surface area contributed by atoms with Crippen LogP contribution in [0, 0.1) is 18.6 Å². The maximum absolute atomic E-state index is 13.2. The van der Waals surface area contributed by atoms with Gasteiger partial charge in [0.05, 0.1) is 9.88 Å². The third-order valence-corrected chi connectivity index (χ3v) is 4.94. The fourth-order valence-electron chi connectivity index (χ4n) is 2.49. The van der Waals surface area contributed by atoms with Crippen molar-refractivity contribution in [2.45, 2.75) is 13.5 Å². The van der Waals surface area contributed by atoms with E-state index in [0.717, 1.165) is 17.4 Å². The molecule has 3 aromatic rings. The molecule has 2 amide bonds. The molecule has 3 rings (SSSR count). The molecule has 0 atom stereocenters. The summed E-state index contributed by atoms with van der Waals surface area (Å²) in [6.07, 6.45) is 0. The van der Waals surface area contributed by atoms with Crippen molar-refractivity contribution in [3.8, 4) is 0 Å². The molecule has 0 unspecified atom stereocenters. The van der Waals surface area contributed by atoms with E-state index in [-0.39, 0.29) is 23.8 Å². The van der Waals surface area contributed by atoms with E-state index in [2.05, 4.69) is 10.6 Å². The van der Waals surface area contributed by atoms with Crippen LogP contribution >= 0.6 is 11.3 Å². The molecule has 0 aliphatic carbocycles. The van der Waals surface area contributed by atoms with Crippen LogP contribution in [0.1, 0.15) is 31.2 Å². The summed E-state index contributed by atoms with van der Waals surface area (Å²) in [5.41, 5.74) is 1.54. The number of nitrogens with one attached hydrogen (secondary N) is 2. The first kappa shape index (κ1) is 18.7. The molecular formula is C20H16F2N2O2S. The third-order valence-electron chi connectivity index (χ3n) is 3.79. The largest absolute Gasteiger partial charge is 0.347 e. The van der Waals surface area contributed by atoms with Gasteiger partial charge in [0.15, 0.2) is 0 Å². The number of benzene rings is 2. The fraction of sp³-hybridized carbons (Fsp3) is 0.100. The van der Waals surface area contributed by atoms with Gasteiger partial charge in [-0.1, -0.05) is 18.2 Å². The molecule has 138 valence electrons. The maximum atomic E-state index is 13.2. The highest BCUT2D eigenvalue weighted by molar-refractivity contribution is 7.18. The molecule has 2 aromatic carbocycles. The molecule has 0 spiro atoms. The first-order valence-electron chi connectivity index (χ1n) is 8.12. The lowest BCUT2D eigenvalue weighted by molar-refractivity contribution is 0.0953. The predicted octanol–water partition coefficient (Wildman–Crippen LogP) is 4.52. The number of carbonyl (C=O) groups is 2. The SMILES string of the molecule is Cc1cc(NC(=O)c2cccc(F)c2)sc1C(=O)NCc1cccc(F)c1. The van der Waals surface area contributed by atoms with Gasteiger partial charge in [-0.2, -0.15) is 0 Å². The first-order valence-corrected chi connectivity index (χ1v) is 8.94. The van der Waals surface area contributed by atoms with Crippen LogP contribution in [0.15, 0.2) is 54.6 Å². The number of aryl methyl sites for hydroxylation is 1. The Labute approximate surface area is 158 Å². The highest BCUT2D eigenvalue weighted by Crippen LogP contribution is 2.27. The zero-order chi connectivity index (χ0) is 19.4. The van der Waals surface area contributed by atoms with Crippen molar-refractivity contribution in [1.82, 2.24) is 5.32 Å². The second kappa shape index (κ2) is 8.09. The maximum Gasteiger partial charge on any atom is 0.261 e. The molecule has 1 aromatic heterocycles. The molecule has 1 heterocycles. The summed E-state index contributed by atoms with van der Waals surface area (Å²) >= 11 is 1.12. The average molecular weight is 386 g/mol. The molecule has 0 radical (unpaired) electrons. The van der Waals surface area contributed by atoms with Crippen LogP contribution in [0.4, 0.5) is 13.8 Å². The number of thiophene rings is 1. The van der Waals surface area contributed by atoms with E-state index in [1.807, 2.05) is 0 Å². The van der Waals surface area contributed by atoms with Crippen LogP contribution in [0.3, 0.4) is 0 Å². The van der Waals surface area contributed by atoms with Crippen LogP contribution < -0.4 is 10.6 Å². The highest BCUT2D eigenvalue weighted by atomic mass is 32.1. The molecule has 0 aliphatic rings. The van der Waals surface area contributed by atoms with Crippen LogP contribution in [0.2, 0.25) is 0 Å². The molecule has 0 saturated heterocycles. The summed E-state index contributed by atoms with van der Waals surface area (Å²) in [7, 11) is 0. The number of hydrogen-bond donors (Lipinski definition) is 2. The lowest BCUT2D eigenvalue weighted by atomic mass is 10.2. The van der Waals surface area contributed by atoms with E-state index in [1.165, 1.54) is 30.3 Å². The first-order chi connectivity index (χ1) is 12.9. The van der Waals surface area contributed by atoms with Gasteiger partial charge in [-0.3, -0.25) is 9.59 Å². The van der Waals surface area contributed by atoms with E-state index >= 15 is 0 Å². The van der Waals surface area contributed by atoms with Gasteiger partial charge in [-0.15, -0.1) is 11.3 Å². The van der Waals surface area contributed by atoms with Gasteiger partial charge < -0.3 is 10.6 Å². The Balaban J connectivity index is 1.66. The van der Waals surface area contributed by atoms with Gasteiger partial charge >= 0.3 is 0 Å². The molecule has 0 saturated carbocycles. The zero-order valence-electron chi connectivity index (χ0n) is 14.4. The molecule has 0 bridgehead atoms. The van der Waals surface area contributed by atoms with E-state index in [1.54, 1.807) is 25.1 Å². The number of amides is 2. The molecule has 7 heteroatoms. The number of hydrogen-bond acceptors (Lipinski definition) is 3. The monoisotopic (exact) mass is 386 g/mol. The van der Waals surface area contributed by atoms with E-state index < -0.39 is 11.7 Å². The van der Waals surface area contributed by atoms with Crippen molar-refractivity contribution in [2.75, 3.05) is 5.32 Å². The lowest BCUT2D eigenvalue weighted by Gasteiger charge is -2.05. The minimum Gasteiger partial charge on any atom is -0.347 e. The number of rotatable bonds is 5. The topological polar surface area (TPSA) is 58.2 Å². The number of anilines is 1. The quantitative estimate of drug-likeness (QED) is 0.678. The second-order valence-corrected chi connectivity index (χ2v) is 6.95. The molecular weight excluding hydrogens is 370 g/mol. The molecule has 0 fully saturated rings. The van der Waals surface area contributed by atoms with Crippen LogP contribution in [0.25, 0.3) is 0 Å². The summed E-state index contributed by atoms with van der Waals surface area (Å²) in [6.45, 7) is 1.95. The Morgan fingerprint density at radius 1 is 0.963 bits per heavy atom. The predicted molar refractivity (Wildman–Crippen MR) is 101 cm³/mol. The lowest BCUT2D eigenvalue weighted by Crippen LogP contribution is -2.22. The van der Waals surface area contributed by atoms with Crippen LogP contribution in [-0.4, -0.2) is 11.8 Å². The van der Waals surface area contributed by atoms with E-state index in [9.17, 15) is 18.4 Å².